The summed E-state index contributed by atoms with van der Waals surface area (Å²) in [5.41, 5.74) is 8.65. The minimum Gasteiger partial charge on any atom is -0.383 e. The molecule has 0 unspecified atom stereocenters. The normalized spacial score (nSPS) is 14.6. The number of carbonyl (C=O) groups excluding carboxylic acids is 1. The Kier molecular flexibility index (Phi) is 4.30. The fourth-order valence-corrected chi connectivity index (χ4v) is 2.19. The Labute approximate surface area is 107 Å². The number of carbonyl (C=O) groups is 1. The minimum absolute atomic E-state index is 0.0110. The molecule has 18 heavy (non-hydrogen) atoms. The van der Waals surface area contributed by atoms with E-state index in [2.05, 4.69) is 16.3 Å². The maximum atomic E-state index is 11.4. The van der Waals surface area contributed by atoms with Crippen LogP contribution in [0.1, 0.15) is 11.1 Å². The van der Waals surface area contributed by atoms with Crippen LogP contribution in [0.5, 0.6) is 0 Å². The van der Waals surface area contributed by atoms with Crippen LogP contribution in [0.2, 0.25) is 0 Å². The predicted octanol–water partition coefficient (Wildman–Crippen LogP) is 0.546. The van der Waals surface area contributed by atoms with Crippen molar-refractivity contribution >= 4 is 11.6 Å². The lowest BCUT2D eigenvalue weighted by molar-refractivity contribution is -0.114. The molecule has 1 amide bonds. The Morgan fingerprint density at radius 2 is 2.33 bits per heavy atom. The maximum absolute atomic E-state index is 11.4. The van der Waals surface area contributed by atoms with Crippen molar-refractivity contribution in [2.45, 2.75) is 13.1 Å². The van der Waals surface area contributed by atoms with E-state index >= 15 is 0 Å². The van der Waals surface area contributed by atoms with E-state index in [1.807, 2.05) is 12.1 Å². The van der Waals surface area contributed by atoms with Crippen molar-refractivity contribution in [1.29, 1.82) is 0 Å². The van der Waals surface area contributed by atoms with Gasteiger partial charge in [0.2, 0.25) is 5.91 Å². The first-order chi connectivity index (χ1) is 8.74. The Morgan fingerprint density at radius 3 is 3.06 bits per heavy atom. The van der Waals surface area contributed by atoms with E-state index in [0.717, 1.165) is 31.9 Å². The summed E-state index contributed by atoms with van der Waals surface area (Å²) in [4.78, 5) is 13.7. The van der Waals surface area contributed by atoms with Gasteiger partial charge in [-0.05, 0) is 17.2 Å². The molecule has 1 aliphatic heterocycles. The van der Waals surface area contributed by atoms with Crippen LogP contribution >= 0.6 is 0 Å². The summed E-state index contributed by atoms with van der Waals surface area (Å²) in [5, 5.41) is 2.85. The van der Waals surface area contributed by atoms with Crippen LogP contribution in [-0.2, 0) is 22.6 Å². The molecule has 0 atom stereocenters. The zero-order chi connectivity index (χ0) is 13.0. The van der Waals surface area contributed by atoms with Gasteiger partial charge in [-0.15, -0.1) is 0 Å². The van der Waals surface area contributed by atoms with E-state index < -0.39 is 0 Å². The number of anilines is 1. The molecule has 3 N–H and O–H groups in total. The molecule has 5 heteroatoms. The largest absolute Gasteiger partial charge is 0.383 e. The van der Waals surface area contributed by atoms with E-state index in [0.29, 0.717) is 0 Å². The molecular formula is C13H19N3O2. The van der Waals surface area contributed by atoms with Crippen LogP contribution in [-0.4, -0.2) is 37.6 Å². The number of nitrogens with zero attached hydrogens (tertiary/aromatic N) is 1. The average molecular weight is 249 g/mol. The van der Waals surface area contributed by atoms with Crippen molar-refractivity contribution in [1.82, 2.24) is 4.90 Å². The monoisotopic (exact) mass is 249 g/mol. The van der Waals surface area contributed by atoms with Crippen molar-refractivity contribution in [3.8, 4) is 0 Å². The molecular weight excluding hydrogens is 230 g/mol. The lowest BCUT2D eigenvalue weighted by atomic mass is 10.1. The Morgan fingerprint density at radius 1 is 1.50 bits per heavy atom. The summed E-state index contributed by atoms with van der Waals surface area (Å²) in [5.74, 6) is -0.154. The second kappa shape index (κ2) is 5.95. The molecule has 1 aliphatic rings. The number of benzene rings is 1. The number of hydrogen-bond donors (Lipinski definition) is 2. The Hall–Kier alpha value is -1.43. The molecule has 1 aromatic rings. The molecule has 0 bridgehead atoms. The topological polar surface area (TPSA) is 67.6 Å². The molecule has 98 valence electrons. The number of nitrogens with two attached hydrogens (primary N) is 1. The fraction of sp³-hybridized carbons (Fsp3) is 0.462. The smallest absolute Gasteiger partial charge is 0.238 e. The highest BCUT2D eigenvalue weighted by Gasteiger charge is 2.21. The van der Waals surface area contributed by atoms with Crippen LogP contribution in [0.3, 0.4) is 0 Å². The van der Waals surface area contributed by atoms with Crippen molar-refractivity contribution in [2.75, 3.05) is 32.1 Å². The molecule has 0 radical (unpaired) electrons. The van der Waals surface area contributed by atoms with Gasteiger partial charge in [-0.3, -0.25) is 9.69 Å². The Balaban J connectivity index is 2.09. The molecule has 0 aliphatic carbocycles. The van der Waals surface area contributed by atoms with E-state index in [1.54, 1.807) is 7.11 Å². The van der Waals surface area contributed by atoms with E-state index in [-0.39, 0.29) is 12.5 Å². The number of rotatable bonds is 5. The highest BCUT2D eigenvalue weighted by atomic mass is 16.5. The van der Waals surface area contributed by atoms with Gasteiger partial charge in [0.25, 0.3) is 0 Å². The fourth-order valence-electron chi connectivity index (χ4n) is 2.19. The van der Waals surface area contributed by atoms with Crippen LogP contribution in [0.15, 0.2) is 18.2 Å². The third-order valence-electron chi connectivity index (χ3n) is 3.12. The zero-order valence-electron chi connectivity index (χ0n) is 10.6. The first-order valence-corrected chi connectivity index (χ1v) is 6.06. The van der Waals surface area contributed by atoms with Crippen LogP contribution < -0.4 is 11.1 Å². The van der Waals surface area contributed by atoms with Gasteiger partial charge in [0.05, 0.1) is 13.2 Å². The summed E-state index contributed by atoms with van der Waals surface area (Å²) in [6.07, 6.45) is 0. The molecule has 1 heterocycles. The molecule has 0 fully saturated rings. The summed E-state index contributed by atoms with van der Waals surface area (Å²) in [7, 11) is 1.70. The molecule has 2 rings (SSSR count). The average Bonchev–Trinajstić information content (AvgIpc) is 2.80. The SMILES string of the molecule is COCCN1Cc2cccc(NC(=O)CN)c2C1. The zero-order valence-corrected chi connectivity index (χ0v) is 10.6. The molecule has 1 aromatic carbocycles. The van der Waals surface area contributed by atoms with Gasteiger partial charge in [-0.2, -0.15) is 0 Å². The van der Waals surface area contributed by atoms with Gasteiger partial charge in [0.1, 0.15) is 0 Å². The van der Waals surface area contributed by atoms with Gasteiger partial charge in [-0.25, -0.2) is 0 Å². The van der Waals surface area contributed by atoms with Gasteiger partial charge in [0, 0.05) is 32.4 Å². The number of hydrogen-bond acceptors (Lipinski definition) is 4. The second-order valence-corrected chi connectivity index (χ2v) is 4.40. The molecule has 0 saturated carbocycles. The number of fused-ring (bicyclic) bond motifs is 1. The first-order valence-electron chi connectivity index (χ1n) is 6.06. The summed E-state index contributed by atoms with van der Waals surface area (Å²) < 4.78 is 5.09. The third-order valence-corrected chi connectivity index (χ3v) is 3.12. The minimum atomic E-state index is -0.154. The number of methoxy groups -OCH3 is 1. The van der Waals surface area contributed by atoms with Gasteiger partial charge in [-0.1, -0.05) is 12.1 Å². The third kappa shape index (κ3) is 2.87. The highest BCUT2D eigenvalue weighted by molar-refractivity contribution is 5.93. The molecule has 0 spiro atoms. The van der Waals surface area contributed by atoms with Gasteiger partial charge >= 0.3 is 0 Å². The number of nitrogens with one attached hydrogen (secondary N) is 1. The van der Waals surface area contributed by atoms with E-state index in [9.17, 15) is 4.79 Å². The van der Waals surface area contributed by atoms with Crippen molar-refractivity contribution < 1.29 is 9.53 Å². The van der Waals surface area contributed by atoms with Crippen molar-refractivity contribution in [3.63, 3.8) is 0 Å². The molecule has 0 saturated heterocycles. The van der Waals surface area contributed by atoms with Crippen LogP contribution in [0, 0.1) is 0 Å². The van der Waals surface area contributed by atoms with Crippen molar-refractivity contribution in [2.24, 2.45) is 5.73 Å². The quantitative estimate of drug-likeness (QED) is 0.799. The first kappa shape index (κ1) is 13.0. The van der Waals surface area contributed by atoms with Crippen molar-refractivity contribution in [3.05, 3.63) is 29.3 Å². The maximum Gasteiger partial charge on any atom is 0.238 e. The van der Waals surface area contributed by atoms with Crippen LogP contribution in [0.4, 0.5) is 5.69 Å². The van der Waals surface area contributed by atoms with E-state index in [1.165, 1.54) is 11.1 Å². The van der Waals surface area contributed by atoms with Gasteiger partial charge in [0.15, 0.2) is 0 Å². The van der Waals surface area contributed by atoms with E-state index in [4.69, 9.17) is 10.5 Å². The summed E-state index contributed by atoms with van der Waals surface area (Å²) in [6, 6.07) is 5.98. The Bertz CT molecular complexity index is 434. The molecule has 0 aromatic heterocycles. The highest BCUT2D eigenvalue weighted by Crippen LogP contribution is 2.28. The lowest BCUT2D eigenvalue weighted by Gasteiger charge is -2.13. The summed E-state index contributed by atoms with van der Waals surface area (Å²) in [6.45, 7) is 3.38. The lowest BCUT2D eigenvalue weighted by Crippen LogP contribution is -2.23. The number of ether oxygens (including phenoxy) is 1. The standard InChI is InChI=1S/C13H19N3O2/c1-18-6-5-16-8-10-3-2-4-12(11(10)9-16)15-13(17)7-14/h2-4H,5-9,14H2,1H3,(H,15,17). The van der Waals surface area contributed by atoms with Crippen LogP contribution in [0.25, 0.3) is 0 Å². The number of amides is 1. The molecule has 5 nitrogen and oxygen atoms in total. The predicted molar refractivity (Wildman–Crippen MR) is 70.1 cm³/mol. The van der Waals surface area contributed by atoms with Gasteiger partial charge < -0.3 is 15.8 Å². The summed E-state index contributed by atoms with van der Waals surface area (Å²) >= 11 is 0. The second-order valence-electron chi connectivity index (χ2n) is 4.40.